The van der Waals surface area contributed by atoms with Gasteiger partial charge in [-0.05, 0) is 43.2 Å². The fraction of sp³-hybridized carbons (Fsp3) is 0.235. The van der Waals surface area contributed by atoms with Crippen molar-refractivity contribution in [1.82, 2.24) is 0 Å². The SMILES string of the molecule is COC1=Nc2c(O)cc(C)c(Oc3ccc(C)cc3O)c2SC1. The van der Waals surface area contributed by atoms with E-state index >= 15 is 0 Å². The van der Waals surface area contributed by atoms with Gasteiger partial charge in [0, 0.05) is 0 Å². The molecule has 2 aromatic rings. The molecule has 3 rings (SSSR count). The van der Waals surface area contributed by atoms with Crippen molar-refractivity contribution in [3.05, 3.63) is 35.4 Å². The smallest absolute Gasteiger partial charge is 0.198 e. The summed E-state index contributed by atoms with van der Waals surface area (Å²) in [5.41, 5.74) is 2.15. The third kappa shape index (κ3) is 2.94. The quantitative estimate of drug-likeness (QED) is 0.859. The van der Waals surface area contributed by atoms with Gasteiger partial charge in [0.2, 0.25) is 0 Å². The fourth-order valence-corrected chi connectivity index (χ4v) is 3.40. The molecule has 0 aliphatic carbocycles. The van der Waals surface area contributed by atoms with Crippen molar-refractivity contribution < 1.29 is 19.7 Å². The first kappa shape index (κ1) is 15.6. The number of aryl methyl sites for hydroxylation is 2. The van der Waals surface area contributed by atoms with E-state index in [1.807, 2.05) is 19.9 Å². The molecule has 0 amide bonds. The van der Waals surface area contributed by atoms with Crippen LogP contribution in [0.1, 0.15) is 11.1 Å². The van der Waals surface area contributed by atoms with E-state index < -0.39 is 0 Å². The van der Waals surface area contributed by atoms with Gasteiger partial charge >= 0.3 is 0 Å². The molecule has 0 spiro atoms. The molecular weight excluding hydrogens is 314 g/mol. The summed E-state index contributed by atoms with van der Waals surface area (Å²) in [7, 11) is 1.55. The summed E-state index contributed by atoms with van der Waals surface area (Å²) in [4.78, 5) is 5.06. The third-order valence-corrected chi connectivity index (χ3v) is 4.57. The van der Waals surface area contributed by atoms with Crippen molar-refractivity contribution in [3.63, 3.8) is 0 Å². The monoisotopic (exact) mass is 331 g/mol. The molecule has 0 unspecified atom stereocenters. The Bertz CT molecular complexity index is 802. The lowest BCUT2D eigenvalue weighted by Gasteiger charge is -2.20. The van der Waals surface area contributed by atoms with Crippen molar-refractivity contribution in [2.45, 2.75) is 18.7 Å². The minimum absolute atomic E-state index is 0.0770. The summed E-state index contributed by atoms with van der Waals surface area (Å²) in [5, 5.41) is 20.2. The standard InChI is InChI=1S/C17H17NO4S/c1-9-4-5-13(11(19)6-9)22-16-10(2)7-12(20)15-17(16)23-8-14(18-15)21-3/h4-7,19-20H,8H2,1-3H3. The van der Waals surface area contributed by atoms with Gasteiger partial charge in [-0.3, -0.25) is 0 Å². The molecule has 0 bridgehead atoms. The number of hydrogen-bond acceptors (Lipinski definition) is 6. The van der Waals surface area contributed by atoms with Crippen LogP contribution in [0.3, 0.4) is 0 Å². The Hall–Kier alpha value is -2.34. The Morgan fingerprint density at radius 2 is 1.91 bits per heavy atom. The zero-order chi connectivity index (χ0) is 16.6. The van der Waals surface area contributed by atoms with Gasteiger partial charge in [0.25, 0.3) is 0 Å². The van der Waals surface area contributed by atoms with Gasteiger partial charge in [0.05, 0.1) is 17.8 Å². The summed E-state index contributed by atoms with van der Waals surface area (Å²) >= 11 is 1.48. The number of thioether (sulfide) groups is 1. The highest BCUT2D eigenvalue weighted by Gasteiger charge is 2.24. The number of aliphatic imine (C=N–C) groups is 1. The van der Waals surface area contributed by atoms with Crippen molar-refractivity contribution in [2.75, 3.05) is 12.9 Å². The maximum atomic E-state index is 10.2. The Morgan fingerprint density at radius 1 is 1.13 bits per heavy atom. The van der Waals surface area contributed by atoms with Crippen molar-refractivity contribution >= 4 is 23.3 Å². The highest BCUT2D eigenvalue weighted by Crippen LogP contribution is 2.50. The van der Waals surface area contributed by atoms with Crippen LogP contribution in [0.2, 0.25) is 0 Å². The average molecular weight is 331 g/mol. The minimum atomic E-state index is 0.0770. The molecular formula is C17H17NO4S. The number of benzene rings is 2. The molecule has 0 radical (unpaired) electrons. The highest BCUT2D eigenvalue weighted by atomic mass is 32.2. The minimum Gasteiger partial charge on any atom is -0.506 e. The summed E-state index contributed by atoms with van der Waals surface area (Å²) in [6, 6.07) is 6.83. The topological polar surface area (TPSA) is 71.3 Å². The zero-order valence-corrected chi connectivity index (χ0v) is 13.9. The van der Waals surface area contributed by atoms with E-state index in [0.717, 1.165) is 16.0 Å². The van der Waals surface area contributed by atoms with Gasteiger partial charge in [-0.1, -0.05) is 6.07 Å². The van der Waals surface area contributed by atoms with Crippen LogP contribution in [0, 0.1) is 13.8 Å². The predicted octanol–water partition coefficient (Wildman–Crippen LogP) is 4.29. The van der Waals surface area contributed by atoms with E-state index in [-0.39, 0.29) is 11.5 Å². The molecule has 0 fully saturated rings. The van der Waals surface area contributed by atoms with Crippen molar-refractivity contribution in [1.29, 1.82) is 0 Å². The van der Waals surface area contributed by atoms with Gasteiger partial charge in [0.1, 0.15) is 17.2 Å². The molecule has 1 aliphatic rings. The molecule has 120 valence electrons. The normalized spacial score (nSPS) is 13.3. The number of aromatic hydroxyl groups is 2. The molecule has 0 saturated heterocycles. The largest absolute Gasteiger partial charge is 0.506 e. The van der Waals surface area contributed by atoms with E-state index in [0.29, 0.717) is 28.8 Å². The predicted molar refractivity (Wildman–Crippen MR) is 90.6 cm³/mol. The second kappa shape index (κ2) is 6.04. The average Bonchev–Trinajstić information content (AvgIpc) is 2.52. The van der Waals surface area contributed by atoms with E-state index in [9.17, 15) is 10.2 Å². The van der Waals surface area contributed by atoms with Gasteiger partial charge in [-0.15, -0.1) is 11.8 Å². The molecule has 1 aliphatic heterocycles. The van der Waals surface area contributed by atoms with Crippen molar-refractivity contribution in [2.24, 2.45) is 4.99 Å². The van der Waals surface area contributed by atoms with Crippen LogP contribution in [0.25, 0.3) is 0 Å². The molecule has 5 nitrogen and oxygen atoms in total. The lowest BCUT2D eigenvalue weighted by atomic mass is 10.1. The van der Waals surface area contributed by atoms with Crippen LogP contribution in [-0.4, -0.2) is 29.0 Å². The maximum Gasteiger partial charge on any atom is 0.198 e. The Morgan fingerprint density at radius 3 is 2.61 bits per heavy atom. The van der Waals surface area contributed by atoms with Crippen molar-refractivity contribution in [3.8, 4) is 23.0 Å². The van der Waals surface area contributed by atoms with E-state index in [2.05, 4.69) is 4.99 Å². The molecule has 6 heteroatoms. The molecule has 23 heavy (non-hydrogen) atoms. The summed E-state index contributed by atoms with van der Waals surface area (Å²) in [6.07, 6.45) is 0. The maximum absolute atomic E-state index is 10.2. The lowest BCUT2D eigenvalue weighted by Crippen LogP contribution is -2.08. The molecule has 0 aromatic heterocycles. The number of nitrogens with zero attached hydrogens (tertiary/aromatic N) is 1. The zero-order valence-electron chi connectivity index (χ0n) is 13.1. The van der Waals surface area contributed by atoms with Crippen LogP contribution in [-0.2, 0) is 4.74 Å². The molecule has 2 N–H and O–H groups in total. The number of methoxy groups -OCH3 is 1. The summed E-state index contributed by atoms with van der Waals surface area (Å²) < 4.78 is 11.1. The number of phenolic OH excluding ortho intramolecular Hbond substituents is 2. The number of ether oxygens (including phenoxy) is 2. The number of fused-ring (bicyclic) bond motifs is 1. The van der Waals surface area contributed by atoms with Gasteiger partial charge in [-0.2, -0.15) is 0 Å². The Kier molecular flexibility index (Phi) is 4.09. The van der Waals surface area contributed by atoms with Crippen LogP contribution >= 0.6 is 11.8 Å². The lowest BCUT2D eigenvalue weighted by molar-refractivity contribution is 0.396. The highest BCUT2D eigenvalue weighted by molar-refractivity contribution is 8.00. The molecule has 0 saturated carbocycles. The van der Waals surface area contributed by atoms with Crippen LogP contribution in [0.15, 0.2) is 34.2 Å². The second-order valence-corrected chi connectivity index (χ2v) is 6.28. The third-order valence-electron chi connectivity index (χ3n) is 3.51. The Balaban J connectivity index is 2.08. The van der Waals surface area contributed by atoms with Crippen LogP contribution in [0.5, 0.6) is 23.0 Å². The summed E-state index contributed by atoms with van der Waals surface area (Å²) in [5.74, 6) is 2.22. The van der Waals surface area contributed by atoms with Gasteiger partial charge in [-0.25, -0.2) is 4.99 Å². The first-order valence-electron chi connectivity index (χ1n) is 7.08. The van der Waals surface area contributed by atoms with E-state index in [1.165, 1.54) is 11.8 Å². The molecule has 0 atom stereocenters. The van der Waals surface area contributed by atoms with Gasteiger partial charge in [0.15, 0.2) is 17.4 Å². The molecule has 2 aromatic carbocycles. The first-order chi connectivity index (χ1) is 11.0. The Labute approximate surface area is 138 Å². The first-order valence-corrected chi connectivity index (χ1v) is 8.06. The van der Waals surface area contributed by atoms with Crippen LogP contribution in [0.4, 0.5) is 5.69 Å². The number of rotatable bonds is 2. The second-order valence-electron chi connectivity index (χ2n) is 5.29. The van der Waals surface area contributed by atoms with E-state index in [4.69, 9.17) is 9.47 Å². The fourth-order valence-electron chi connectivity index (χ4n) is 2.33. The number of phenols is 2. The molecule has 1 heterocycles. The van der Waals surface area contributed by atoms with E-state index in [1.54, 1.807) is 25.3 Å². The van der Waals surface area contributed by atoms with Crippen LogP contribution < -0.4 is 4.74 Å². The summed E-state index contributed by atoms with van der Waals surface area (Å²) in [6.45, 7) is 3.74. The number of hydrogen-bond donors (Lipinski definition) is 2. The van der Waals surface area contributed by atoms with Gasteiger partial charge < -0.3 is 19.7 Å².